The smallest absolute Gasteiger partial charge is 0.256 e. The van der Waals surface area contributed by atoms with Crippen molar-refractivity contribution in [2.24, 2.45) is 0 Å². The van der Waals surface area contributed by atoms with E-state index in [0.717, 1.165) is 43.6 Å². The second-order valence-corrected chi connectivity index (χ2v) is 10.8. The highest BCUT2D eigenvalue weighted by Crippen LogP contribution is 2.30. The Morgan fingerprint density at radius 1 is 0.825 bits per heavy atom. The second-order valence-electron chi connectivity index (χ2n) is 10.4. The third-order valence-electron chi connectivity index (χ3n) is 7.82. The third kappa shape index (κ3) is 6.15. The predicted molar refractivity (Wildman–Crippen MR) is 159 cm³/mol. The van der Waals surface area contributed by atoms with Crippen molar-refractivity contribution in [3.05, 3.63) is 94.5 Å². The maximum absolute atomic E-state index is 13.6. The molecule has 0 aromatic heterocycles. The van der Waals surface area contributed by atoms with Crippen LogP contribution in [-0.2, 0) is 4.79 Å². The number of benzene rings is 3. The maximum Gasteiger partial charge on any atom is 0.256 e. The van der Waals surface area contributed by atoms with Crippen molar-refractivity contribution in [3.8, 4) is 0 Å². The van der Waals surface area contributed by atoms with Gasteiger partial charge in [0.15, 0.2) is 0 Å². The van der Waals surface area contributed by atoms with Crippen molar-refractivity contribution >= 4 is 40.7 Å². The average molecular weight is 559 g/mol. The summed E-state index contributed by atoms with van der Waals surface area (Å²) in [5.74, 6) is -0.283. The molecule has 2 aliphatic heterocycles. The van der Waals surface area contributed by atoms with Gasteiger partial charge in [-0.3, -0.25) is 14.4 Å². The van der Waals surface area contributed by atoms with E-state index >= 15 is 0 Å². The molecule has 2 saturated heterocycles. The van der Waals surface area contributed by atoms with E-state index in [0.29, 0.717) is 48.0 Å². The van der Waals surface area contributed by atoms with E-state index < -0.39 is 0 Å². The Morgan fingerprint density at radius 3 is 2.15 bits per heavy atom. The molecule has 0 bridgehead atoms. The van der Waals surface area contributed by atoms with Crippen molar-refractivity contribution in [2.75, 3.05) is 49.5 Å². The Kier molecular flexibility index (Phi) is 8.70. The minimum Gasteiger partial charge on any atom is -0.367 e. The van der Waals surface area contributed by atoms with E-state index in [-0.39, 0.29) is 23.6 Å². The van der Waals surface area contributed by atoms with Crippen molar-refractivity contribution in [2.45, 2.75) is 32.1 Å². The van der Waals surface area contributed by atoms with Crippen LogP contribution in [0.3, 0.4) is 0 Å². The molecule has 8 heteroatoms. The van der Waals surface area contributed by atoms with E-state index in [9.17, 15) is 14.4 Å². The molecular weight excluding hydrogens is 524 g/mol. The first-order chi connectivity index (χ1) is 19.4. The highest BCUT2D eigenvalue weighted by molar-refractivity contribution is 6.30. The zero-order valence-electron chi connectivity index (χ0n) is 22.8. The summed E-state index contributed by atoms with van der Waals surface area (Å²) in [6.45, 7) is 5.97. The van der Waals surface area contributed by atoms with E-state index in [1.807, 2.05) is 52.3 Å². The molecule has 0 aliphatic carbocycles. The van der Waals surface area contributed by atoms with Gasteiger partial charge in [0.1, 0.15) is 0 Å². The number of rotatable bonds is 7. The van der Waals surface area contributed by atoms with Crippen LogP contribution in [0.15, 0.2) is 72.8 Å². The van der Waals surface area contributed by atoms with Crippen LogP contribution in [0.5, 0.6) is 0 Å². The summed E-state index contributed by atoms with van der Waals surface area (Å²) in [5.41, 5.74) is 3.51. The summed E-state index contributed by atoms with van der Waals surface area (Å²) in [4.78, 5) is 45.9. The largest absolute Gasteiger partial charge is 0.367 e. The number of hydrogen-bond donors (Lipinski definition) is 1. The standard InChI is InChI=1S/C32H35ClN4O3/c1-2-27(23-8-4-3-5-9-23)31(39)37-20-18-35(19-21-37)29-15-14-26(22-28(29)32(40)36-16-6-7-17-36)34-30(38)24-10-12-25(33)13-11-24/h3-5,8-15,22,27H,2,6-7,16-21H2,1H3,(H,34,38). The maximum atomic E-state index is 13.6. The molecule has 2 fully saturated rings. The number of carbonyl (C=O) groups is 3. The van der Waals surface area contributed by atoms with Crippen LogP contribution in [-0.4, -0.2) is 66.8 Å². The molecule has 2 heterocycles. The van der Waals surface area contributed by atoms with Gasteiger partial charge < -0.3 is 20.0 Å². The highest BCUT2D eigenvalue weighted by atomic mass is 35.5. The number of carbonyl (C=O) groups excluding carboxylic acids is 3. The zero-order valence-corrected chi connectivity index (χ0v) is 23.6. The summed E-state index contributed by atoms with van der Waals surface area (Å²) in [6.07, 6.45) is 2.74. The molecule has 208 valence electrons. The molecule has 0 saturated carbocycles. The average Bonchev–Trinajstić information content (AvgIpc) is 3.53. The van der Waals surface area contributed by atoms with E-state index in [2.05, 4.69) is 17.1 Å². The Balaban J connectivity index is 1.33. The molecule has 5 rings (SSSR count). The summed E-state index contributed by atoms with van der Waals surface area (Å²) in [5, 5.41) is 3.49. The quantitative estimate of drug-likeness (QED) is 0.405. The number of halogens is 1. The summed E-state index contributed by atoms with van der Waals surface area (Å²) >= 11 is 5.96. The van der Waals surface area contributed by atoms with Gasteiger partial charge in [0, 0.05) is 61.2 Å². The highest BCUT2D eigenvalue weighted by Gasteiger charge is 2.30. The lowest BCUT2D eigenvalue weighted by Gasteiger charge is -2.38. The molecule has 3 aromatic carbocycles. The lowest BCUT2D eigenvalue weighted by Crippen LogP contribution is -2.50. The Morgan fingerprint density at radius 2 is 1.50 bits per heavy atom. The SMILES string of the molecule is CCC(C(=O)N1CCN(c2ccc(NC(=O)c3ccc(Cl)cc3)cc2C(=O)N2CCCC2)CC1)c1ccccc1. The minimum absolute atomic E-state index is 0.0243. The predicted octanol–water partition coefficient (Wildman–Crippen LogP) is 5.67. The third-order valence-corrected chi connectivity index (χ3v) is 8.08. The van der Waals surface area contributed by atoms with Gasteiger partial charge in [-0.25, -0.2) is 0 Å². The van der Waals surface area contributed by atoms with Crippen LogP contribution in [0.25, 0.3) is 0 Å². The lowest BCUT2D eigenvalue weighted by atomic mass is 9.94. The Bertz CT molecular complexity index is 1350. The first-order valence-corrected chi connectivity index (χ1v) is 14.4. The summed E-state index contributed by atoms with van der Waals surface area (Å²) < 4.78 is 0. The molecule has 0 radical (unpaired) electrons. The van der Waals surface area contributed by atoms with E-state index in [4.69, 9.17) is 11.6 Å². The van der Waals surface area contributed by atoms with Crippen LogP contribution in [0.4, 0.5) is 11.4 Å². The van der Waals surface area contributed by atoms with E-state index in [1.165, 1.54) is 0 Å². The van der Waals surface area contributed by atoms with Gasteiger partial charge in [0.2, 0.25) is 5.91 Å². The second kappa shape index (κ2) is 12.6. The van der Waals surface area contributed by atoms with Crippen LogP contribution < -0.4 is 10.2 Å². The van der Waals surface area contributed by atoms with Crippen molar-refractivity contribution in [3.63, 3.8) is 0 Å². The molecule has 3 aromatic rings. The van der Waals surface area contributed by atoms with Gasteiger partial charge in [-0.1, -0.05) is 48.9 Å². The molecular formula is C32H35ClN4O3. The lowest BCUT2D eigenvalue weighted by molar-refractivity contribution is -0.133. The number of hydrogen-bond acceptors (Lipinski definition) is 4. The first kappa shape index (κ1) is 27.7. The monoisotopic (exact) mass is 558 g/mol. The molecule has 7 nitrogen and oxygen atoms in total. The van der Waals surface area contributed by atoms with Gasteiger partial charge in [-0.05, 0) is 67.3 Å². The minimum atomic E-state index is -0.264. The van der Waals surface area contributed by atoms with Gasteiger partial charge in [-0.15, -0.1) is 0 Å². The van der Waals surface area contributed by atoms with Crippen LogP contribution in [0, 0.1) is 0 Å². The van der Waals surface area contributed by atoms with Gasteiger partial charge >= 0.3 is 0 Å². The molecule has 40 heavy (non-hydrogen) atoms. The number of amides is 3. The topological polar surface area (TPSA) is 73.0 Å². The van der Waals surface area contributed by atoms with Crippen molar-refractivity contribution in [1.29, 1.82) is 0 Å². The van der Waals surface area contributed by atoms with E-state index in [1.54, 1.807) is 30.3 Å². The fourth-order valence-corrected chi connectivity index (χ4v) is 5.71. The number of piperazine rings is 1. The Labute approximate surface area is 240 Å². The van der Waals surface area contributed by atoms with Gasteiger partial charge in [0.25, 0.3) is 11.8 Å². The van der Waals surface area contributed by atoms with Crippen LogP contribution in [0.2, 0.25) is 5.02 Å². The number of likely N-dealkylation sites (tertiary alicyclic amines) is 1. The Hall–Kier alpha value is -3.84. The summed E-state index contributed by atoms with van der Waals surface area (Å²) in [7, 11) is 0. The van der Waals surface area contributed by atoms with Crippen LogP contribution >= 0.6 is 11.6 Å². The van der Waals surface area contributed by atoms with Crippen molar-refractivity contribution < 1.29 is 14.4 Å². The number of nitrogens with one attached hydrogen (secondary N) is 1. The molecule has 0 spiro atoms. The first-order valence-electron chi connectivity index (χ1n) is 14.0. The summed E-state index contributed by atoms with van der Waals surface area (Å²) in [6, 6.07) is 22.2. The molecule has 1 unspecified atom stereocenters. The molecule has 3 amide bonds. The van der Waals surface area contributed by atoms with Crippen molar-refractivity contribution in [1.82, 2.24) is 9.80 Å². The van der Waals surface area contributed by atoms with Crippen LogP contribution in [0.1, 0.15) is 58.4 Å². The number of anilines is 2. The fourth-order valence-electron chi connectivity index (χ4n) is 5.58. The van der Waals surface area contributed by atoms with Gasteiger partial charge in [0.05, 0.1) is 11.5 Å². The molecule has 2 aliphatic rings. The normalized spacial score (nSPS) is 16.1. The molecule has 1 N–H and O–H groups in total. The number of nitrogens with zero attached hydrogens (tertiary/aromatic N) is 3. The zero-order chi connectivity index (χ0) is 28.1. The van der Waals surface area contributed by atoms with Gasteiger partial charge in [-0.2, -0.15) is 0 Å². The molecule has 1 atom stereocenters. The fraction of sp³-hybridized carbons (Fsp3) is 0.344.